The van der Waals surface area contributed by atoms with Crippen molar-refractivity contribution in [1.29, 1.82) is 0 Å². The van der Waals surface area contributed by atoms with Crippen molar-refractivity contribution < 1.29 is 5.11 Å². The van der Waals surface area contributed by atoms with Gasteiger partial charge in [0.25, 0.3) is 0 Å². The van der Waals surface area contributed by atoms with Crippen LogP contribution in [0.4, 0.5) is 5.69 Å². The average Bonchev–Trinajstić information content (AvgIpc) is 2.82. The summed E-state index contributed by atoms with van der Waals surface area (Å²) < 4.78 is 0. The summed E-state index contributed by atoms with van der Waals surface area (Å²) in [5.41, 5.74) is 4.03. The minimum atomic E-state index is 0.197. The van der Waals surface area contributed by atoms with Crippen molar-refractivity contribution in [2.75, 3.05) is 18.5 Å². The van der Waals surface area contributed by atoms with Crippen molar-refractivity contribution in [2.45, 2.75) is 39.3 Å². The third kappa shape index (κ3) is 3.24. The highest BCUT2D eigenvalue weighted by Crippen LogP contribution is 2.26. The highest BCUT2D eigenvalue weighted by Gasteiger charge is 2.15. The van der Waals surface area contributed by atoms with Crippen molar-refractivity contribution in [3.05, 3.63) is 29.3 Å². The van der Waals surface area contributed by atoms with Crippen molar-refractivity contribution in [1.82, 2.24) is 5.32 Å². The molecule has 0 bridgehead atoms. The van der Waals surface area contributed by atoms with E-state index < -0.39 is 0 Å². The van der Waals surface area contributed by atoms with E-state index in [-0.39, 0.29) is 12.6 Å². The molecule has 18 heavy (non-hydrogen) atoms. The van der Waals surface area contributed by atoms with Crippen LogP contribution in [0.25, 0.3) is 0 Å². The Hall–Kier alpha value is -1.06. The Balaban J connectivity index is 1.95. The fourth-order valence-electron chi connectivity index (χ4n) is 2.60. The van der Waals surface area contributed by atoms with Gasteiger partial charge in [0.2, 0.25) is 0 Å². The minimum Gasteiger partial charge on any atom is -0.395 e. The molecule has 1 unspecified atom stereocenters. The van der Waals surface area contributed by atoms with Crippen molar-refractivity contribution >= 4 is 5.69 Å². The second kappa shape index (κ2) is 6.21. The fraction of sp³-hybridized carbons (Fsp3) is 0.600. The van der Waals surface area contributed by atoms with Gasteiger partial charge in [-0.2, -0.15) is 0 Å². The molecule has 1 aliphatic rings. The van der Waals surface area contributed by atoms with Crippen LogP contribution in [0.1, 0.15) is 31.4 Å². The number of nitrogens with one attached hydrogen (secondary N) is 2. The van der Waals surface area contributed by atoms with E-state index in [1.54, 1.807) is 0 Å². The molecule has 0 saturated carbocycles. The number of hydrogen-bond donors (Lipinski definition) is 3. The van der Waals surface area contributed by atoms with E-state index in [0.717, 1.165) is 25.9 Å². The van der Waals surface area contributed by atoms with Gasteiger partial charge in [0, 0.05) is 24.8 Å². The molecule has 0 amide bonds. The third-order valence-electron chi connectivity index (χ3n) is 3.49. The van der Waals surface area contributed by atoms with E-state index in [1.807, 2.05) is 0 Å². The first-order chi connectivity index (χ1) is 8.70. The van der Waals surface area contributed by atoms with Gasteiger partial charge in [-0.15, -0.1) is 0 Å². The quantitative estimate of drug-likeness (QED) is 0.723. The van der Waals surface area contributed by atoms with Crippen LogP contribution < -0.4 is 10.6 Å². The molecule has 3 heteroatoms. The standard InChI is InChI=1S/C15H24N2O/c1-11(2)8-14(10-18)17-9-13-5-3-4-12-6-7-16-15(12)13/h3-5,11,14,16-18H,6-10H2,1-2H3. The van der Waals surface area contributed by atoms with Crippen LogP contribution in [0.3, 0.4) is 0 Å². The highest BCUT2D eigenvalue weighted by molar-refractivity contribution is 5.61. The van der Waals surface area contributed by atoms with Gasteiger partial charge < -0.3 is 15.7 Å². The fourth-order valence-corrected chi connectivity index (χ4v) is 2.60. The lowest BCUT2D eigenvalue weighted by atomic mass is 10.0. The first-order valence-corrected chi connectivity index (χ1v) is 6.89. The number of aliphatic hydroxyl groups excluding tert-OH is 1. The van der Waals surface area contributed by atoms with E-state index in [0.29, 0.717) is 5.92 Å². The number of hydrogen-bond acceptors (Lipinski definition) is 3. The topological polar surface area (TPSA) is 44.3 Å². The van der Waals surface area contributed by atoms with Crippen LogP contribution in [0, 0.1) is 5.92 Å². The Morgan fingerprint density at radius 3 is 2.94 bits per heavy atom. The molecule has 1 aliphatic heterocycles. The summed E-state index contributed by atoms with van der Waals surface area (Å²) >= 11 is 0. The molecule has 3 nitrogen and oxygen atoms in total. The summed E-state index contributed by atoms with van der Waals surface area (Å²) in [6, 6.07) is 6.67. The number of benzene rings is 1. The number of anilines is 1. The van der Waals surface area contributed by atoms with E-state index in [1.165, 1.54) is 16.8 Å². The van der Waals surface area contributed by atoms with Crippen LogP contribution in [-0.4, -0.2) is 24.3 Å². The smallest absolute Gasteiger partial charge is 0.0584 e. The van der Waals surface area contributed by atoms with Crippen LogP contribution in [0.15, 0.2) is 18.2 Å². The van der Waals surface area contributed by atoms with Crippen LogP contribution in [0.5, 0.6) is 0 Å². The maximum absolute atomic E-state index is 9.37. The lowest BCUT2D eigenvalue weighted by Crippen LogP contribution is -2.33. The monoisotopic (exact) mass is 248 g/mol. The lowest BCUT2D eigenvalue weighted by molar-refractivity contribution is 0.223. The maximum Gasteiger partial charge on any atom is 0.0584 e. The van der Waals surface area contributed by atoms with Crippen LogP contribution >= 0.6 is 0 Å². The Morgan fingerprint density at radius 2 is 2.22 bits per heavy atom. The summed E-state index contributed by atoms with van der Waals surface area (Å²) in [5, 5.41) is 16.3. The SMILES string of the molecule is CC(C)CC(CO)NCc1cccc2c1NCC2. The van der Waals surface area contributed by atoms with E-state index in [4.69, 9.17) is 0 Å². The Morgan fingerprint density at radius 1 is 1.39 bits per heavy atom. The van der Waals surface area contributed by atoms with E-state index in [2.05, 4.69) is 42.7 Å². The molecule has 1 aromatic rings. The molecule has 1 heterocycles. The summed E-state index contributed by atoms with van der Waals surface area (Å²) in [7, 11) is 0. The van der Waals surface area contributed by atoms with Gasteiger partial charge in [0.15, 0.2) is 0 Å². The summed E-state index contributed by atoms with van der Waals surface area (Å²) in [4.78, 5) is 0. The van der Waals surface area contributed by atoms with Gasteiger partial charge in [-0.05, 0) is 29.9 Å². The maximum atomic E-state index is 9.37. The van der Waals surface area contributed by atoms with Crippen molar-refractivity contribution in [2.24, 2.45) is 5.92 Å². The molecule has 0 radical (unpaired) electrons. The van der Waals surface area contributed by atoms with Crippen LogP contribution in [0.2, 0.25) is 0 Å². The first-order valence-electron chi connectivity index (χ1n) is 6.89. The average molecular weight is 248 g/mol. The number of rotatable bonds is 6. The lowest BCUT2D eigenvalue weighted by Gasteiger charge is -2.19. The molecule has 0 spiro atoms. The van der Waals surface area contributed by atoms with Gasteiger partial charge in [0.1, 0.15) is 0 Å². The van der Waals surface area contributed by atoms with Gasteiger partial charge >= 0.3 is 0 Å². The third-order valence-corrected chi connectivity index (χ3v) is 3.49. The summed E-state index contributed by atoms with van der Waals surface area (Å²) in [6.07, 6.45) is 2.14. The normalized spacial score (nSPS) is 15.6. The minimum absolute atomic E-state index is 0.197. The highest BCUT2D eigenvalue weighted by atomic mass is 16.3. The van der Waals surface area contributed by atoms with Gasteiger partial charge in [0.05, 0.1) is 6.61 Å². The molecular formula is C15H24N2O. The van der Waals surface area contributed by atoms with Gasteiger partial charge in [-0.25, -0.2) is 0 Å². The van der Waals surface area contributed by atoms with E-state index >= 15 is 0 Å². The van der Waals surface area contributed by atoms with Crippen molar-refractivity contribution in [3.63, 3.8) is 0 Å². The zero-order valence-electron chi connectivity index (χ0n) is 11.4. The molecule has 1 atom stereocenters. The molecule has 2 rings (SSSR count). The predicted molar refractivity (Wildman–Crippen MR) is 75.8 cm³/mol. The first kappa shape index (κ1) is 13.4. The molecule has 0 saturated heterocycles. The van der Waals surface area contributed by atoms with Gasteiger partial charge in [-0.1, -0.05) is 32.0 Å². The molecule has 100 valence electrons. The summed E-state index contributed by atoms with van der Waals surface area (Å²) in [6.45, 7) is 6.45. The second-order valence-corrected chi connectivity index (χ2v) is 5.52. The number of aliphatic hydroxyl groups is 1. The largest absolute Gasteiger partial charge is 0.395 e. The zero-order chi connectivity index (χ0) is 13.0. The second-order valence-electron chi connectivity index (χ2n) is 5.52. The summed E-state index contributed by atoms with van der Waals surface area (Å²) in [5.74, 6) is 0.606. The van der Waals surface area contributed by atoms with E-state index in [9.17, 15) is 5.11 Å². The van der Waals surface area contributed by atoms with Crippen molar-refractivity contribution in [3.8, 4) is 0 Å². The molecule has 0 fully saturated rings. The van der Waals surface area contributed by atoms with Gasteiger partial charge in [-0.3, -0.25) is 0 Å². The molecule has 0 aliphatic carbocycles. The molecule has 3 N–H and O–H groups in total. The van der Waals surface area contributed by atoms with Crippen LogP contribution in [-0.2, 0) is 13.0 Å². The Kier molecular flexibility index (Phi) is 4.61. The molecule has 1 aromatic carbocycles. The Labute approximate surface area is 110 Å². The predicted octanol–water partition coefficient (Wildman–Crippen LogP) is 2.15. The Bertz CT molecular complexity index is 390. The zero-order valence-corrected chi connectivity index (χ0v) is 11.4. The number of fused-ring (bicyclic) bond motifs is 1. The molecular weight excluding hydrogens is 224 g/mol. The molecule has 0 aromatic heterocycles. The number of para-hydroxylation sites is 1.